The Morgan fingerprint density at radius 2 is 1.32 bits per heavy atom. The van der Waals surface area contributed by atoms with Crippen LogP contribution in [0.4, 0.5) is 0 Å². The van der Waals surface area contributed by atoms with E-state index in [1.807, 2.05) is 48.5 Å². The monoisotopic (exact) mass is 298 g/mol. The second-order valence-electron chi connectivity index (χ2n) is 5.07. The van der Waals surface area contributed by atoms with Crippen LogP contribution in [0.3, 0.4) is 0 Å². The second-order valence-corrected chi connectivity index (χ2v) is 5.07. The third-order valence-corrected chi connectivity index (χ3v) is 3.99. The van der Waals surface area contributed by atoms with Crippen LogP contribution >= 0.6 is 0 Å². The van der Waals surface area contributed by atoms with Crippen molar-refractivity contribution < 1.29 is 14.3 Å². The smallest absolute Gasteiger partial charge is 0.250 e. The van der Waals surface area contributed by atoms with Crippen LogP contribution in [0.1, 0.15) is 11.1 Å². The molecule has 0 radical (unpaired) electrons. The van der Waals surface area contributed by atoms with Gasteiger partial charge in [-0.3, -0.25) is 10.1 Å². The van der Waals surface area contributed by atoms with Crippen LogP contribution in [0.15, 0.2) is 48.5 Å². The molecule has 1 aliphatic rings. The van der Waals surface area contributed by atoms with Crippen LogP contribution in [0.5, 0.6) is 11.5 Å². The maximum atomic E-state index is 12.6. The van der Waals surface area contributed by atoms with Gasteiger partial charge in [-0.15, -0.1) is 0 Å². The number of hydrogen-bond donors (Lipinski definition) is 2. The summed E-state index contributed by atoms with van der Waals surface area (Å²) in [6.07, 6.45) is 0. The highest BCUT2D eigenvalue weighted by atomic mass is 16.5. The summed E-state index contributed by atoms with van der Waals surface area (Å²) in [7, 11) is 3.24. The van der Waals surface area contributed by atoms with Gasteiger partial charge in [-0.2, -0.15) is 0 Å². The number of nitrogens with one attached hydrogen (secondary N) is 2. The Balaban J connectivity index is 2.09. The lowest BCUT2D eigenvalue weighted by Crippen LogP contribution is -2.44. The molecule has 1 amide bonds. The normalized spacial score (nSPS) is 16.2. The Labute approximate surface area is 129 Å². The molecule has 0 bridgehead atoms. The maximum absolute atomic E-state index is 12.6. The average molecular weight is 298 g/mol. The van der Waals surface area contributed by atoms with Gasteiger partial charge in [0.15, 0.2) is 5.54 Å². The van der Waals surface area contributed by atoms with E-state index in [0.29, 0.717) is 6.67 Å². The van der Waals surface area contributed by atoms with Crippen molar-refractivity contribution in [1.29, 1.82) is 0 Å². The minimum absolute atomic E-state index is 0.0668. The van der Waals surface area contributed by atoms with Gasteiger partial charge in [0.25, 0.3) is 5.91 Å². The zero-order valence-corrected chi connectivity index (χ0v) is 12.6. The molecule has 22 heavy (non-hydrogen) atoms. The molecule has 0 aliphatic carbocycles. The molecule has 3 rings (SSSR count). The largest absolute Gasteiger partial charge is 0.497 e. The molecule has 0 unspecified atom stereocenters. The van der Waals surface area contributed by atoms with E-state index in [-0.39, 0.29) is 5.91 Å². The SMILES string of the molecule is COc1ccc(C2(c3ccc(OC)cc3)NCNC2=O)cc1. The molecule has 5 heteroatoms. The third-order valence-electron chi connectivity index (χ3n) is 3.99. The van der Waals surface area contributed by atoms with E-state index < -0.39 is 5.54 Å². The molecule has 0 saturated carbocycles. The first kappa shape index (κ1) is 14.4. The fraction of sp³-hybridized carbons (Fsp3) is 0.235. The minimum Gasteiger partial charge on any atom is -0.497 e. The fourth-order valence-corrected chi connectivity index (χ4v) is 2.78. The van der Waals surface area contributed by atoms with Crippen molar-refractivity contribution in [2.24, 2.45) is 0 Å². The minimum atomic E-state index is -0.890. The molecule has 1 saturated heterocycles. The van der Waals surface area contributed by atoms with Crippen molar-refractivity contribution in [2.75, 3.05) is 20.9 Å². The Bertz CT molecular complexity index is 618. The molecule has 114 valence electrons. The number of rotatable bonds is 4. The van der Waals surface area contributed by atoms with E-state index in [1.165, 1.54) is 0 Å². The molecule has 1 fully saturated rings. The summed E-state index contributed by atoms with van der Waals surface area (Å²) in [6, 6.07) is 15.0. The van der Waals surface area contributed by atoms with Crippen LogP contribution < -0.4 is 20.1 Å². The van der Waals surface area contributed by atoms with Crippen molar-refractivity contribution in [2.45, 2.75) is 5.54 Å². The molecular weight excluding hydrogens is 280 g/mol. The number of carbonyl (C=O) groups is 1. The zero-order valence-electron chi connectivity index (χ0n) is 12.6. The first-order valence-corrected chi connectivity index (χ1v) is 7.03. The van der Waals surface area contributed by atoms with Crippen LogP contribution in [0.25, 0.3) is 0 Å². The molecule has 2 aromatic rings. The van der Waals surface area contributed by atoms with Gasteiger partial charge in [0.1, 0.15) is 11.5 Å². The van der Waals surface area contributed by atoms with Gasteiger partial charge in [-0.05, 0) is 35.4 Å². The lowest BCUT2D eigenvalue weighted by molar-refractivity contribution is -0.123. The molecule has 0 aromatic heterocycles. The topological polar surface area (TPSA) is 59.6 Å². The highest BCUT2D eigenvalue weighted by Crippen LogP contribution is 2.34. The Hall–Kier alpha value is -2.53. The van der Waals surface area contributed by atoms with Gasteiger partial charge in [-0.25, -0.2) is 0 Å². The predicted molar refractivity (Wildman–Crippen MR) is 82.9 cm³/mol. The summed E-state index contributed by atoms with van der Waals surface area (Å²) >= 11 is 0. The molecule has 1 aliphatic heterocycles. The molecule has 2 aromatic carbocycles. The van der Waals surface area contributed by atoms with Crippen molar-refractivity contribution in [1.82, 2.24) is 10.6 Å². The summed E-state index contributed by atoms with van der Waals surface area (Å²) in [5.74, 6) is 1.45. The van der Waals surface area contributed by atoms with Crippen molar-refractivity contribution in [3.8, 4) is 11.5 Å². The lowest BCUT2D eigenvalue weighted by atomic mass is 9.83. The van der Waals surface area contributed by atoms with Gasteiger partial charge in [0.2, 0.25) is 0 Å². The molecule has 0 atom stereocenters. The number of methoxy groups -OCH3 is 2. The second kappa shape index (κ2) is 5.69. The van der Waals surface area contributed by atoms with E-state index in [1.54, 1.807) is 14.2 Å². The van der Waals surface area contributed by atoms with Gasteiger partial charge < -0.3 is 14.8 Å². The Morgan fingerprint density at radius 3 is 1.64 bits per heavy atom. The van der Waals surface area contributed by atoms with E-state index in [2.05, 4.69) is 10.6 Å². The van der Waals surface area contributed by atoms with Crippen LogP contribution in [-0.4, -0.2) is 26.8 Å². The summed E-state index contributed by atoms with van der Waals surface area (Å²) < 4.78 is 10.4. The van der Waals surface area contributed by atoms with Gasteiger partial charge in [0.05, 0.1) is 20.9 Å². The van der Waals surface area contributed by atoms with Gasteiger partial charge >= 0.3 is 0 Å². The number of hydrogen-bond acceptors (Lipinski definition) is 4. The number of amides is 1. The van der Waals surface area contributed by atoms with E-state index in [0.717, 1.165) is 22.6 Å². The molecule has 2 N–H and O–H groups in total. The summed E-state index contributed by atoms with van der Waals surface area (Å²) in [5.41, 5.74) is 0.848. The zero-order chi connectivity index (χ0) is 15.6. The van der Waals surface area contributed by atoms with Crippen molar-refractivity contribution >= 4 is 5.91 Å². The Morgan fingerprint density at radius 1 is 0.864 bits per heavy atom. The molecule has 0 spiro atoms. The fourth-order valence-electron chi connectivity index (χ4n) is 2.78. The quantitative estimate of drug-likeness (QED) is 0.900. The van der Waals surface area contributed by atoms with Crippen LogP contribution in [0.2, 0.25) is 0 Å². The lowest BCUT2D eigenvalue weighted by Gasteiger charge is -2.28. The van der Waals surface area contributed by atoms with Gasteiger partial charge in [-0.1, -0.05) is 24.3 Å². The first-order valence-electron chi connectivity index (χ1n) is 7.03. The van der Waals surface area contributed by atoms with E-state index in [9.17, 15) is 4.79 Å². The highest BCUT2D eigenvalue weighted by Gasteiger charge is 2.45. The van der Waals surface area contributed by atoms with E-state index in [4.69, 9.17) is 9.47 Å². The third kappa shape index (κ3) is 2.19. The molecular formula is C17H18N2O3. The molecule has 1 heterocycles. The predicted octanol–water partition coefficient (Wildman–Crippen LogP) is 1.62. The maximum Gasteiger partial charge on any atom is 0.250 e. The van der Waals surface area contributed by atoms with E-state index >= 15 is 0 Å². The first-order chi connectivity index (χ1) is 10.7. The number of ether oxygens (including phenoxy) is 2. The Kier molecular flexibility index (Phi) is 3.73. The summed E-state index contributed by atoms with van der Waals surface area (Å²) in [4.78, 5) is 12.6. The average Bonchev–Trinajstić information content (AvgIpc) is 2.97. The summed E-state index contributed by atoms with van der Waals surface area (Å²) in [6.45, 7) is 0.427. The number of carbonyl (C=O) groups excluding carboxylic acids is 1. The van der Waals surface area contributed by atoms with Crippen LogP contribution in [0, 0.1) is 0 Å². The standard InChI is InChI=1S/C17H18N2O3/c1-21-14-7-3-12(4-8-14)17(16(20)18-11-19-17)13-5-9-15(22-2)10-6-13/h3-10,19H,11H2,1-2H3,(H,18,20). The highest BCUT2D eigenvalue weighted by molar-refractivity contribution is 5.93. The summed E-state index contributed by atoms with van der Waals surface area (Å²) in [5, 5.41) is 6.14. The molecule has 5 nitrogen and oxygen atoms in total. The number of benzene rings is 2. The van der Waals surface area contributed by atoms with Crippen molar-refractivity contribution in [3.63, 3.8) is 0 Å². The van der Waals surface area contributed by atoms with Crippen LogP contribution in [-0.2, 0) is 10.3 Å². The van der Waals surface area contributed by atoms with Crippen molar-refractivity contribution in [3.05, 3.63) is 59.7 Å². The van der Waals surface area contributed by atoms with Gasteiger partial charge in [0, 0.05) is 0 Å².